The zero-order valence-corrected chi connectivity index (χ0v) is 15.7. The fraction of sp³-hybridized carbons (Fsp3) is 0.500. The molecule has 1 aromatic carbocycles. The first kappa shape index (κ1) is 18.5. The standard InChI is InChI=1S/C20H23N3O5/c1-2-22-18(25)13-8-7-12(9-14(13)21-20(22)28)17(24)23-15-6-4-3-5-11(15)10-16(23)19(26)27/h7-9,11,15-16H,2-6,10H2,1H3,(H,21,28)(H,26,27)/t11-,15+,16+/m1/s1. The van der Waals surface area contributed by atoms with Crippen LogP contribution in [0.5, 0.6) is 0 Å². The average Bonchev–Trinajstić information content (AvgIpc) is 3.07. The van der Waals surface area contributed by atoms with Gasteiger partial charge in [-0.25, -0.2) is 9.59 Å². The van der Waals surface area contributed by atoms with Crippen molar-refractivity contribution < 1.29 is 14.7 Å². The molecule has 1 aliphatic carbocycles. The van der Waals surface area contributed by atoms with Gasteiger partial charge in [0, 0.05) is 18.2 Å². The predicted molar refractivity (Wildman–Crippen MR) is 102 cm³/mol. The summed E-state index contributed by atoms with van der Waals surface area (Å²) in [5.41, 5.74) is -0.357. The van der Waals surface area contributed by atoms with Crippen LogP contribution in [0.4, 0.5) is 0 Å². The van der Waals surface area contributed by atoms with Gasteiger partial charge in [-0.15, -0.1) is 0 Å². The van der Waals surface area contributed by atoms with E-state index in [4.69, 9.17) is 0 Å². The average molecular weight is 385 g/mol. The van der Waals surface area contributed by atoms with E-state index < -0.39 is 23.3 Å². The van der Waals surface area contributed by atoms with Crippen LogP contribution in [0.25, 0.3) is 10.9 Å². The maximum atomic E-state index is 13.2. The van der Waals surface area contributed by atoms with Crippen LogP contribution in [0.2, 0.25) is 0 Å². The van der Waals surface area contributed by atoms with Crippen molar-refractivity contribution in [1.29, 1.82) is 0 Å². The number of fused-ring (bicyclic) bond motifs is 2. The first-order chi connectivity index (χ1) is 13.4. The number of aliphatic carboxylic acids is 1. The highest BCUT2D eigenvalue weighted by atomic mass is 16.4. The van der Waals surface area contributed by atoms with Crippen LogP contribution in [0.1, 0.15) is 49.4 Å². The van der Waals surface area contributed by atoms with Crippen LogP contribution in [0, 0.1) is 5.92 Å². The molecule has 2 aromatic rings. The van der Waals surface area contributed by atoms with Crippen molar-refractivity contribution in [2.75, 3.05) is 0 Å². The summed E-state index contributed by atoms with van der Waals surface area (Å²) in [6.45, 7) is 1.96. The Kier molecular flexibility index (Phi) is 4.56. The molecule has 28 heavy (non-hydrogen) atoms. The molecule has 4 rings (SSSR count). The molecule has 2 fully saturated rings. The number of nitrogens with one attached hydrogen (secondary N) is 1. The Morgan fingerprint density at radius 3 is 2.68 bits per heavy atom. The third kappa shape index (κ3) is 2.83. The van der Waals surface area contributed by atoms with E-state index in [1.54, 1.807) is 13.0 Å². The molecule has 1 aliphatic heterocycles. The van der Waals surface area contributed by atoms with Gasteiger partial charge in [0.1, 0.15) is 6.04 Å². The van der Waals surface area contributed by atoms with Crippen LogP contribution in [-0.2, 0) is 11.3 Å². The second-order valence-electron chi connectivity index (χ2n) is 7.65. The lowest BCUT2D eigenvalue weighted by Crippen LogP contribution is -2.46. The zero-order valence-electron chi connectivity index (χ0n) is 15.7. The van der Waals surface area contributed by atoms with Crippen LogP contribution in [-0.4, -0.2) is 43.5 Å². The Bertz CT molecular complexity index is 1070. The number of carboxylic acids is 1. The summed E-state index contributed by atoms with van der Waals surface area (Å²) in [6.07, 6.45) is 4.29. The smallest absolute Gasteiger partial charge is 0.328 e. The van der Waals surface area contributed by atoms with Crippen molar-refractivity contribution in [1.82, 2.24) is 14.5 Å². The highest BCUT2D eigenvalue weighted by Crippen LogP contribution is 2.40. The first-order valence-electron chi connectivity index (χ1n) is 9.74. The van der Waals surface area contributed by atoms with Gasteiger partial charge in [-0.3, -0.25) is 14.2 Å². The minimum absolute atomic E-state index is 0.0646. The summed E-state index contributed by atoms with van der Waals surface area (Å²) < 4.78 is 1.09. The number of hydrogen-bond donors (Lipinski definition) is 2. The molecule has 0 radical (unpaired) electrons. The normalized spacial score (nSPS) is 24.3. The third-order valence-corrected chi connectivity index (χ3v) is 6.15. The second-order valence-corrected chi connectivity index (χ2v) is 7.65. The van der Waals surface area contributed by atoms with Crippen molar-refractivity contribution >= 4 is 22.8 Å². The highest BCUT2D eigenvalue weighted by Gasteiger charge is 2.47. The van der Waals surface area contributed by atoms with Crippen LogP contribution in [0.3, 0.4) is 0 Å². The number of rotatable bonds is 3. The van der Waals surface area contributed by atoms with E-state index in [1.807, 2.05) is 0 Å². The summed E-state index contributed by atoms with van der Waals surface area (Å²) in [4.78, 5) is 53.7. The topological polar surface area (TPSA) is 112 Å². The number of aromatic amines is 1. The molecule has 8 heteroatoms. The van der Waals surface area contributed by atoms with Crippen molar-refractivity contribution in [3.05, 3.63) is 44.6 Å². The predicted octanol–water partition coefficient (Wildman–Crippen LogP) is 1.57. The van der Waals surface area contributed by atoms with E-state index in [-0.39, 0.29) is 35.5 Å². The zero-order chi connectivity index (χ0) is 20.0. The lowest BCUT2D eigenvalue weighted by atomic mass is 9.84. The first-order valence-corrected chi connectivity index (χ1v) is 9.74. The minimum Gasteiger partial charge on any atom is -0.480 e. The van der Waals surface area contributed by atoms with Gasteiger partial charge in [-0.2, -0.15) is 0 Å². The van der Waals surface area contributed by atoms with Gasteiger partial charge in [-0.05, 0) is 50.3 Å². The summed E-state index contributed by atoms with van der Waals surface area (Å²) in [6, 6.07) is 3.65. The van der Waals surface area contributed by atoms with E-state index >= 15 is 0 Å². The molecule has 1 amide bonds. The molecule has 8 nitrogen and oxygen atoms in total. The number of carbonyl (C=O) groups excluding carboxylic acids is 1. The Morgan fingerprint density at radius 2 is 1.96 bits per heavy atom. The van der Waals surface area contributed by atoms with E-state index in [1.165, 1.54) is 17.0 Å². The van der Waals surface area contributed by atoms with Gasteiger partial charge in [0.15, 0.2) is 0 Å². The van der Waals surface area contributed by atoms with Gasteiger partial charge in [-0.1, -0.05) is 12.8 Å². The van der Waals surface area contributed by atoms with Crippen molar-refractivity contribution in [2.45, 2.75) is 57.7 Å². The molecule has 0 spiro atoms. The van der Waals surface area contributed by atoms with E-state index in [0.717, 1.165) is 30.3 Å². The molecular formula is C20H23N3O5. The molecule has 0 bridgehead atoms. The quantitative estimate of drug-likeness (QED) is 0.833. The largest absolute Gasteiger partial charge is 0.480 e. The van der Waals surface area contributed by atoms with Crippen LogP contribution >= 0.6 is 0 Å². The number of amides is 1. The van der Waals surface area contributed by atoms with Crippen molar-refractivity contribution in [3.8, 4) is 0 Å². The van der Waals surface area contributed by atoms with E-state index in [9.17, 15) is 24.3 Å². The van der Waals surface area contributed by atoms with Gasteiger partial charge >= 0.3 is 11.7 Å². The van der Waals surface area contributed by atoms with E-state index in [0.29, 0.717) is 11.8 Å². The molecule has 2 aliphatic rings. The summed E-state index contributed by atoms with van der Waals surface area (Å²) in [5, 5.41) is 9.97. The number of aromatic nitrogens is 2. The number of H-pyrrole nitrogens is 1. The molecule has 148 valence electrons. The fourth-order valence-electron chi connectivity index (χ4n) is 4.80. The third-order valence-electron chi connectivity index (χ3n) is 6.15. The summed E-state index contributed by atoms with van der Waals surface area (Å²) in [5.74, 6) is -1.12. The van der Waals surface area contributed by atoms with Crippen molar-refractivity contribution in [2.24, 2.45) is 5.92 Å². The molecule has 0 unspecified atom stereocenters. The fourth-order valence-corrected chi connectivity index (χ4v) is 4.80. The highest BCUT2D eigenvalue weighted by molar-refractivity contribution is 6.00. The van der Waals surface area contributed by atoms with Crippen LogP contribution < -0.4 is 11.2 Å². The van der Waals surface area contributed by atoms with Crippen LogP contribution in [0.15, 0.2) is 27.8 Å². The Hall–Kier alpha value is -2.90. The lowest BCUT2D eigenvalue weighted by molar-refractivity contribution is -0.141. The monoisotopic (exact) mass is 385 g/mol. The van der Waals surface area contributed by atoms with Gasteiger partial charge < -0.3 is 15.0 Å². The number of carbonyl (C=O) groups is 2. The molecule has 1 saturated carbocycles. The lowest BCUT2D eigenvalue weighted by Gasteiger charge is -2.33. The van der Waals surface area contributed by atoms with Gasteiger partial charge in [0.2, 0.25) is 0 Å². The van der Waals surface area contributed by atoms with E-state index in [2.05, 4.69) is 4.98 Å². The summed E-state index contributed by atoms with van der Waals surface area (Å²) in [7, 11) is 0. The Morgan fingerprint density at radius 1 is 1.21 bits per heavy atom. The molecular weight excluding hydrogens is 362 g/mol. The minimum atomic E-state index is -0.984. The second kappa shape index (κ2) is 6.92. The Labute approximate surface area is 160 Å². The number of likely N-dealkylation sites (tertiary alicyclic amines) is 1. The Balaban J connectivity index is 1.76. The molecule has 2 N–H and O–H groups in total. The molecule has 1 saturated heterocycles. The molecule has 3 atom stereocenters. The van der Waals surface area contributed by atoms with Crippen molar-refractivity contribution in [3.63, 3.8) is 0 Å². The number of nitrogens with zero attached hydrogens (tertiary/aromatic N) is 2. The number of carboxylic acid groups (broad SMARTS) is 1. The maximum Gasteiger partial charge on any atom is 0.328 e. The molecule has 1 aromatic heterocycles. The van der Waals surface area contributed by atoms with Gasteiger partial charge in [0.25, 0.3) is 11.5 Å². The van der Waals surface area contributed by atoms with Gasteiger partial charge in [0.05, 0.1) is 10.9 Å². The maximum absolute atomic E-state index is 13.2. The summed E-state index contributed by atoms with van der Waals surface area (Å²) >= 11 is 0. The molecule has 2 heterocycles. The SMILES string of the molecule is CCn1c(=O)[nH]c2cc(C(=O)N3[C@H](C(=O)O)C[C@H]4CCCC[C@@H]43)ccc2c1=O. The number of benzene rings is 1. The number of hydrogen-bond acceptors (Lipinski definition) is 4.